The van der Waals surface area contributed by atoms with Crippen molar-refractivity contribution in [3.05, 3.63) is 65.5 Å². The van der Waals surface area contributed by atoms with Crippen LogP contribution >= 0.6 is 0 Å². The van der Waals surface area contributed by atoms with Crippen LogP contribution < -0.4 is 5.73 Å². The second kappa shape index (κ2) is 7.35. The van der Waals surface area contributed by atoms with Crippen molar-refractivity contribution in [3.63, 3.8) is 0 Å². The number of methoxy groups -OCH3 is 1. The van der Waals surface area contributed by atoms with Gasteiger partial charge >= 0.3 is 5.97 Å². The number of nitrogens with zero attached hydrogens (tertiary/aromatic N) is 2. The average Bonchev–Trinajstić information content (AvgIpc) is 2.65. The van der Waals surface area contributed by atoms with E-state index in [4.69, 9.17) is 10.5 Å². The van der Waals surface area contributed by atoms with E-state index in [1.165, 1.54) is 7.11 Å². The number of anilines is 1. The molecule has 2 aromatic carbocycles. The fourth-order valence-corrected chi connectivity index (χ4v) is 2.79. The van der Waals surface area contributed by atoms with Crippen LogP contribution in [0.3, 0.4) is 0 Å². The number of nitrogens with two attached hydrogens (primary N) is 1. The van der Waals surface area contributed by atoms with E-state index >= 15 is 0 Å². The zero-order chi connectivity index (χ0) is 18.7. The Bertz CT molecular complexity index is 933. The minimum atomic E-state index is -0.240. The summed E-state index contributed by atoms with van der Waals surface area (Å²) in [5.41, 5.74) is 12.4. The van der Waals surface area contributed by atoms with Gasteiger partial charge in [-0.05, 0) is 30.5 Å². The molecule has 0 saturated heterocycles. The molecule has 0 aliphatic rings. The maximum atomic E-state index is 11.3. The third-order valence-corrected chi connectivity index (χ3v) is 4.30. The topological polar surface area (TPSA) is 78.1 Å². The Labute approximate surface area is 152 Å². The lowest BCUT2D eigenvalue weighted by Gasteiger charge is -2.09. The molecule has 0 aliphatic carbocycles. The number of carbonyl (C=O) groups excluding carboxylic acids is 1. The quantitative estimate of drug-likeness (QED) is 0.728. The SMILES string of the molecule is COC(=O)Cc1ccc(-c2ccc(-c3nc(N)c(C)nc3C)cc2)cc1. The lowest BCUT2D eigenvalue weighted by atomic mass is 10.0. The van der Waals surface area contributed by atoms with Gasteiger partial charge in [0.1, 0.15) is 5.82 Å². The van der Waals surface area contributed by atoms with Crippen LogP contribution in [0.15, 0.2) is 48.5 Å². The van der Waals surface area contributed by atoms with Gasteiger partial charge in [0.2, 0.25) is 0 Å². The molecular weight excluding hydrogens is 326 g/mol. The first-order valence-corrected chi connectivity index (χ1v) is 8.35. The number of hydrogen-bond acceptors (Lipinski definition) is 5. The number of aromatic nitrogens is 2. The van der Waals surface area contributed by atoms with Crippen LogP contribution in [-0.4, -0.2) is 23.0 Å². The predicted octanol–water partition coefficient (Wildman–Crippen LogP) is 3.73. The summed E-state index contributed by atoms with van der Waals surface area (Å²) in [6.45, 7) is 3.79. The minimum Gasteiger partial charge on any atom is -0.469 e. The summed E-state index contributed by atoms with van der Waals surface area (Å²) in [4.78, 5) is 20.2. The molecule has 0 atom stereocenters. The lowest BCUT2D eigenvalue weighted by molar-refractivity contribution is -0.139. The summed E-state index contributed by atoms with van der Waals surface area (Å²) >= 11 is 0. The molecule has 0 fully saturated rings. The smallest absolute Gasteiger partial charge is 0.309 e. The molecule has 5 heteroatoms. The van der Waals surface area contributed by atoms with Crippen LogP contribution in [0.2, 0.25) is 0 Å². The zero-order valence-corrected chi connectivity index (χ0v) is 15.1. The maximum absolute atomic E-state index is 11.3. The summed E-state index contributed by atoms with van der Waals surface area (Å²) in [7, 11) is 1.39. The maximum Gasteiger partial charge on any atom is 0.309 e. The van der Waals surface area contributed by atoms with E-state index in [1.54, 1.807) is 0 Å². The Morgan fingerprint density at radius 3 is 2.00 bits per heavy atom. The number of aryl methyl sites for hydroxylation is 2. The second-order valence-corrected chi connectivity index (χ2v) is 6.16. The van der Waals surface area contributed by atoms with Crippen LogP contribution in [0.25, 0.3) is 22.4 Å². The van der Waals surface area contributed by atoms with Crippen LogP contribution in [0.4, 0.5) is 5.82 Å². The van der Waals surface area contributed by atoms with Gasteiger partial charge in [-0.2, -0.15) is 0 Å². The first-order chi connectivity index (χ1) is 12.5. The molecule has 2 N–H and O–H groups in total. The zero-order valence-electron chi connectivity index (χ0n) is 15.1. The molecule has 3 rings (SSSR count). The number of ether oxygens (including phenoxy) is 1. The summed E-state index contributed by atoms with van der Waals surface area (Å²) < 4.78 is 4.69. The molecule has 26 heavy (non-hydrogen) atoms. The molecule has 0 amide bonds. The van der Waals surface area contributed by atoms with Crippen molar-refractivity contribution in [1.82, 2.24) is 9.97 Å². The largest absolute Gasteiger partial charge is 0.469 e. The van der Waals surface area contributed by atoms with E-state index in [2.05, 4.69) is 9.97 Å². The Morgan fingerprint density at radius 1 is 0.885 bits per heavy atom. The van der Waals surface area contributed by atoms with E-state index < -0.39 is 0 Å². The van der Waals surface area contributed by atoms with Crippen molar-refractivity contribution in [1.29, 1.82) is 0 Å². The molecule has 0 spiro atoms. The van der Waals surface area contributed by atoms with Crippen LogP contribution in [0.1, 0.15) is 17.0 Å². The van der Waals surface area contributed by atoms with Gasteiger partial charge in [0, 0.05) is 5.56 Å². The standard InChI is InChI=1S/C21H21N3O2/c1-13-20(24-21(22)14(2)23-13)18-10-8-17(9-11-18)16-6-4-15(5-7-16)12-19(25)26-3/h4-11H,12H2,1-3H3,(H2,22,24). The Hall–Kier alpha value is -3.21. The molecule has 1 aromatic heterocycles. The van der Waals surface area contributed by atoms with Crippen LogP contribution in [-0.2, 0) is 16.0 Å². The van der Waals surface area contributed by atoms with E-state index in [9.17, 15) is 4.79 Å². The second-order valence-electron chi connectivity index (χ2n) is 6.16. The van der Waals surface area contributed by atoms with Gasteiger partial charge in [-0.25, -0.2) is 4.98 Å². The Kier molecular flexibility index (Phi) is 4.98. The van der Waals surface area contributed by atoms with Crippen LogP contribution in [0, 0.1) is 13.8 Å². The molecule has 0 aliphatic heterocycles. The van der Waals surface area contributed by atoms with Crippen molar-refractivity contribution >= 4 is 11.8 Å². The normalized spacial score (nSPS) is 10.6. The fourth-order valence-electron chi connectivity index (χ4n) is 2.79. The van der Waals surface area contributed by atoms with Gasteiger partial charge < -0.3 is 10.5 Å². The van der Waals surface area contributed by atoms with Crippen molar-refractivity contribution < 1.29 is 9.53 Å². The first-order valence-electron chi connectivity index (χ1n) is 8.35. The van der Waals surface area contributed by atoms with Crippen molar-refractivity contribution in [3.8, 4) is 22.4 Å². The highest BCUT2D eigenvalue weighted by Crippen LogP contribution is 2.26. The fraction of sp³-hybridized carbons (Fsp3) is 0.190. The summed E-state index contributed by atoms with van der Waals surface area (Å²) in [6, 6.07) is 16.0. The Morgan fingerprint density at radius 2 is 1.42 bits per heavy atom. The van der Waals surface area contributed by atoms with Gasteiger partial charge in [-0.3, -0.25) is 9.78 Å². The number of nitrogen functional groups attached to an aromatic ring is 1. The molecule has 0 radical (unpaired) electrons. The van der Waals surface area contributed by atoms with Crippen molar-refractivity contribution in [2.75, 3.05) is 12.8 Å². The van der Waals surface area contributed by atoms with E-state index in [-0.39, 0.29) is 12.4 Å². The highest BCUT2D eigenvalue weighted by Gasteiger charge is 2.09. The van der Waals surface area contributed by atoms with Gasteiger partial charge in [0.05, 0.1) is 30.6 Å². The van der Waals surface area contributed by atoms with E-state index in [0.29, 0.717) is 5.82 Å². The molecule has 0 bridgehead atoms. The van der Waals surface area contributed by atoms with E-state index in [0.717, 1.165) is 39.3 Å². The monoisotopic (exact) mass is 347 g/mol. The number of benzene rings is 2. The molecular formula is C21H21N3O2. The first kappa shape index (κ1) is 17.6. The molecule has 3 aromatic rings. The highest BCUT2D eigenvalue weighted by atomic mass is 16.5. The molecule has 132 valence electrons. The molecule has 0 saturated carbocycles. The number of hydrogen-bond donors (Lipinski definition) is 1. The third kappa shape index (κ3) is 3.72. The summed E-state index contributed by atoms with van der Waals surface area (Å²) in [5.74, 6) is 0.215. The van der Waals surface area contributed by atoms with Gasteiger partial charge in [0.15, 0.2) is 0 Å². The lowest BCUT2D eigenvalue weighted by Crippen LogP contribution is -2.04. The predicted molar refractivity (Wildman–Crippen MR) is 103 cm³/mol. The molecule has 5 nitrogen and oxygen atoms in total. The summed E-state index contributed by atoms with van der Waals surface area (Å²) in [5, 5.41) is 0. The molecule has 0 unspecified atom stereocenters. The van der Waals surface area contributed by atoms with Crippen molar-refractivity contribution in [2.45, 2.75) is 20.3 Å². The number of rotatable bonds is 4. The third-order valence-electron chi connectivity index (χ3n) is 4.30. The number of esters is 1. The minimum absolute atomic E-state index is 0.240. The van der Waals surface area contributed by atoms with E-state index in [1.807, 2.05) is 62.4 Å². The molecule has 1 heterocycles. The van der Waals surface area contributed by atoms with Crippen molar-refractivity contribution in [2.24, 2.45) is 0 Å². The average molecular weight is 347 g/mol. The summed E-state index contributed by atoms with van der Waals surface area (Å²) in [6.07, 6.45) is 0.280. The van der Waals surface area contributed by atoms with Gasteiger partial charge in [-0.15, -0.1) is 0 Å². The van der Waals surface area contributed by atoms with Gasteiger partial charge in [-0.1, -0.05) is 48.5 Å². The number of carbonyl (C=O) groups is 1. The Balaban J connectivity index is 1.84. The van der Waals surface area contributed by atoms with Gasteiger partial charge in [0.25, 0.3) is 0 Å². The highest BCUT2D eigenvalue weighted by molar-refractivity contribution is 5.74. The van der Waals surface area contributed by atoms with Crippen LogP contribution in [0.5, 0.6) is 0 Å².